The quantitative estimate of drug-likeness (QED) is 0.804. The van der Waals surface area contributed by atoms with E-state index in [1.165, 1.54) is 11.3 Å². The molecule has 0 saturated heterocycles. The van der Waals surface area contributed by atoms with Gasteiger partial charge >= 0.3 is 0 Å². The minimum absolute atomic E-state index is 0.0262. The first-order valence-corrected chi connectivity index (χ1v) is 8.11. The van der Waals surface area contributed by atoms with E-state index < -0.39 is 0 Å². The zero-order chi connectivity index (χ0) is 15.1. The molecule has 0 amide bonds. The molecule has 2 aromatic rings. The van der Waals surface area contributed by atoms with Crippen LogP contribution in [-0.4, -0.2) is 23.3 Å². The third-order valence-electron chi connectivity index (χ3n) is 2.85. The fourth-order valence-corrected chi connectivity index (χ4v) is 2.50. The highest BCUT2D eigenvalue weighted by atomic mass is 32.1. The van der Waals surface area contributed by atoms with Crippen molar-refractivity contribution >= 4 is 11.3 Å². The smallest absolute Gasteiger partial charge is 0.161 e. The van der Waals surface area contributed by atoms with E-state index in [0.717, 1.165) is 35.6 Å². The molecule has 0 saturated carbocycles. The Morgan fingerprint density at radius 3 is 2.43 bits per heavy atom. The number of benzene rings is 1. The lowest BCUT2D eigenvalue weighted by Gasteiger charge is -2.13. The normalized spacial score (nSPS) is 10.6. The first-order chi connectivity index (χ1) is 10.3. The summed E-state index contributed by atoms with van der Waals surface area (Å²) in [6.07, 6.45) is 1.91. The molecule has 0 bridgehead atoms. The number of rotatable bonds is 8. The molecule has 0 fully saturated rings. The van der Waals surface area contributed by atoms with Gasteiger partial charge < -0.3 is 14.6 Å². The van der Waals surface area contributed by atoms with Crippen molar-refractivity contribution in [3.05, 3.63) is 28.6 Å². The molecule has 114 valence electrons. The predicted molar refractivity (Wildman–Crippen MR) is 85.0 cm³/mol. The van der Waals surface area contributed by atoms with Crippen LogP contribution in [0.3, 0.4) is 0 Å². The average Bonchev–Trinajstić information content (AvgIpc) is 3.00. The third kappa shape index (κ3) is 4.19. The number of aliphatic hydroxyl groups excluding tert-OH is 1. The zero-order valence-electron chi connectivity index (χ0n) is 12.5. The van der Waals surface area contributed by atoms with Gasteiger partial charge in [-0.15, -0.1) is 11.3 Å². The van der Waals surface area contributed by atoms with Gasteiger partial charge in [0.1, 0.15) is 5.01 Å². The SMILES string of the molecule is CCCOc1ccc(-c2csc(CO)n2)cc1OCCC. The molecule has 1 heterocycles. The minimum Gasteiger partial charge on any atom is -0.490 e. The second kappa shape index (κ2) is 8.00. The highest BCUT2D eigenvalue weighted by Crippen LogP contribution is 2.33. The van der Waals surface area contributed by atoms with Gasteiger partial charge in [-0.1, -0.05) is 13.8 Å². The Morgan fingerprint density at radius 2 is 1.81 bits per heavy atom. The standard InChI is InChI=1S/C16H21NO3S/c1-3-7-19-14-6-5-12(9-15(14)20-8-4-2)13-11-21-16(10-18)17-13/h5-6,9,11,18H,3-4,7-8,10H2,1-2H3. The van der Waals surface area contributed by atoms with Crippen LogP contribution in [0.5, 0.6) is 11.5 Å². The van der Waals surface area contributed by atoms with Crippen molar-refractivity contribution in [3.63, 3.8) is 0 Å². The molecule has 0 atom stereocenters. The summed E-state index contributed by atoms with van der Waals surface area (Å²) in [7, 11) is 0. The molecule has 0 aliphatic heterocycles. The second-order valence-corrected chi connectivity index (χ2v) is 5.59. The average molecular weight is 307 g/mol. The van der Waals surface area contributed by atoms with E-state index in [-0.39, 0.29) is 6.61 Å². The summed E-state index contributed by atoms with van der Waals surface area (Å²) in [6, 6.07) is 5.85. The Labute approximate surface area is 129 Å². The van der Waals surface area contributed by atoms with Gasteiger partial charge in [0.05, 0.1) is 25.5 Å². The van der Waals surface area contributed by atoms with Crippen LogP contribution in [0.25, 0.3) is 11.3 Å². The lowest BCUT2D eigenvalue weighted by molar-refractivity contribution is 0.268. The van der Waals surface area contributed by atoms with Crippen LogP contribution in [0.15, 0.2) is 23.6 Å². The maximum Gasteiger partial charge on any atom is 0.161 e. The van der Waals surface area contributed by atoms with Crippen molar-refractivity contribution in [1.82, 2.24) is 4.98 Å². The molecule has 21 heavy (non-hydrogen) atoms. The van der Waals surface area contributed by atoms with Gasteiger partial charge in [0.15, 0.2) is 11.5 Å². The highest BCUT2D eigenvalue weighted by molar-refractivity contribution is 7.09. The van der Waals surface area contributed by atoms with E-state index in [4.69, 9.17) is 14.6 Å². The number of hydrogen-bond acceptors (Lipinski definition) is 5. The van der Waals surface area contributed by atoms with Crippen molar-refractivity contribution < 1.29 is 14.6 Å². The van der Waals surface area contributed by atoms with E-state index >= 15 is 0 Å². The molecular formula is C16H21NO3S. The van der Waals surface area contributed by atoms with Crippen LogP contribution in [0, 0.1) is 0 Å². The summed E-state index contributed by atoms with van der Waals surface area (Å²) in [5.74, 6) is 1.52. The van der Waals surface area contributed by atoms with E-state index in [9.17, 15) is 0 Å². The summed E-state index contributed by atoms with van der Waals surface area (Å²) in [6.45, 7) is 5.46. The Bertz CT molecular complexity index is 568. The summed E-state index contributed by atoms with van der Waals surface area (Å²) in [5.41, 5.74) is 1.83. The molecule has 1 N–H and O–H groups in total. The number of aliphatic hydroxyl groups is 1. The van der Waals surface area contributed by atoms with Gasteiger partial charge in [-0.2, -0.15) is 0 Å². The van der Waals surface area contributed by atoms with Crippen LogP contribution < -0.4 is 9.47 Å². The number of hydrogen-bond donors (Lipinski definition) is 1. The van der Waals surface area contributed by atoms with Gasteiger partial charge in [0.2, 0.25) is 0 Å². The molecule has 0 radical (unpaired) electrons. The number of thiazole rings is 1. The Balaban J connectivity index is 2.26. The van der Waals surface area contributed by atoms with Crippen LogP contribution in [0.1, 0.15) is 31.7 Å². The van der Waals surface area contributed by atoms with Gasteiger partial charge in [0.25, 0.3) is 0 Å². The van der Waals surface area contributed by atoms with Crippen molar-refractivity contribution in [1.29, 1.82) is 0 Å². The lowest BCUT2D eigenvalue weighted by atomic mass is 10.1. The first kappa shape index (κ1) is 15.8. The topological polar surface area (TPSA) is 51.6 Å². The molecule has 4 nitrogen and oxygen atoms in total. The highest BCUT2D eigenvalue weighted by Gasteiger charge is 2.10. The molecule has 1 aromatic heterocycles. The number of nitrogens with zero attached hydrogens (tertiary/aromatic N) is 1. The predicted octanol–water partition coefficient (Wildman–Crippen LogP) is 3.88. The molecule has 2 rings (SSSR count). The van der Waals surface area contributed by atoms with E-state index in [1.54, 1.807) is 0 Å². The lowest BCUT2D eigenvalue weighted by Crippen LogP contribution is -2.01. The van der Waals surface area contributed by atoms with Crippen LogP contribution in [0.4, 0.5) is 0 Å². The van der Waals surface area contributed by atoms with Crippen molar-refractivity contribution in [2.75, 3.05) is 13.2 Å². The van der Waals surface area contributed by atoms with Crippen molar-refractivity contribution in [2.24, 2.45) is 0 Å². The molecule has 1 aromatic carbocycles. The summed E-state index contributed by atoms with van der Waals surface area (Å²) in [4.78, 5) is 4.38. The molecular weight excluding hydrogens is 286 g/mol. The third-order valence-corrected chi connectivity index (χ3v) is 3.68. The van der Waals surface area contributed by atoms with Crippen LogP contribution >= 0.6 is 11.3 Å². The second-order valence-electron chi connectivity index (χ2n) is 4.64. The summed E-state index contributed by atoms with van der Waals surface area (Å²) >= 11 is 1.45. The van der Waals surface area contributed by atoms with E-state index in [1.807, 2.05) is 23.6 Å². The Hall–Kier alpha value is -1.59. The van der Waals surface area contributed by atoms with Gasteiger partial charge in [0, 0.05) is 10.9 Å². The van der Waals surface area contributed by atoms with Gasteiger partial charge in [-0.3, -0.25) is 0 Å². The number of aromatic nitrogens is 1. The summed E-state index contributed by atoms with van der Waals surface area (Å²) < 4.78 is 11.5. The fourth-order valence-electron chi connectivity index (χ4n) is 1.84. The summed E-state index contributed by atoms with van der Waals surface area (Å²) in [5, 5.41) is 11.8. The van der Waals surface area contributed by atoms with Gasteiger partial charge in [-0.25, -0.2) is 4.98 Å². The minimum atomic E-state index is -0.0262. The van der Waals surface area contributed by atoms with Gasteiger partial charge in [-0.05, 0) is 31.0 Å². The Morgan fingerprint density at radius 1 is 1.10 bits per heavy atom. The van der Waals surface area contributed by atoms with Crippen LogP contribution in [0.2, 0.25) is 0 Å². The van der Waals surface area contributed by atoms with E-state index in [0.29, 0.717) is 18.2 Å². The maximum absolute atomic E-state index is 9.11. The first-order valence-electron chi connectivity index (χ1n) is 7.23. The largest absolute Gasteiger partial charge is 0.490 e. The maximum atomic E-state index is 9.11. The Kier molecular flexibility index (Phi) is 6.02. The van der Waals surface area contributed by atoms with Crippen LogP contribution in [-0.2, 0) is 6.61 Å². The van der Waals surface area contributed by atoms with E-state index in [2.05, 4.69) is 18.8 Å². The molecule has 0 aliphatic carbocycles. The zero-order valence-corrected chi connectivity index (χ0v) is 13.3. The van der Waals surface area contributed by atoms with Crippen molar-refractivity contribution in [2.45, 2.75) is 33.3 Å². The molecule has 0 spiro atoms. The fraction of sp³-hybridized carbons (Fsp3) is 0.438. The molecule has 0 unspecified atom stereocenters. The number of ether oxygens (including phenoxy) is 2. The molecule has 5 heteroatoms. The van der Waals surface area contributed by atoms with Crippen molar-refractivity contribution in [3.8, 4) is 22.8 Å². The molecule has 0 aliphatic rings. The monoisotopic (exact) mass is 307 g/mol.